The molecule has 0 amide bonds. The van der Waals surface area contributed by atoms with E-state index in [9.17, 15) is 0 Å². The first kappa shape index (κ1) is 25.5. The fraction of sp³-hybridized carbons (Fsp3) is 0.429. The summed E-state index contributed by atoms with van der Waals surface area (Å²) in [5.41, 5.74) is 8.79. The lowest BCUT2D eigenvalue weighted by atomic mass is 9.41. The molecular weight excluding hydrogens is 420 g/mol. The highest BCUT2D eigenvalue weighted by Crippen LogP contribution is 2.70. The van der Waals surface area contributed by atoms with Gasteiger partial charge in [0.25, 0.3) is 0 Å². The summed E-state index contributed by atoms with van der Waals surface area (Å²) in [6.45, 7) is 14.3. The van der Waals surface area contributed by atoms with Gasteiger partial charge in [-0.15, -0.1) is 0 Å². The van der Waals surface area contributed by atoms with Crippen LogP contribution in [0.25, 0.3) is 0 Å². The highest BCUT2D eigenvalue weighted by Gasteiger charge is 2.65. The molecule has 0 aromatic heterocycles. The fourth-order valence-corrected chi connectivity index (χ4v) is 8.08. The van der Waals surface area contributed by atoms with E-state index in [0.29, 0.717) is 0 Å². The van der Waals surface area contributed by atoms with E-state index in [-0.39, 0.29) is 16.2 Å². The Hall–Kier alpha value is -2.60. The highest BCUT2D eigenvalue weighted by molar-refractivity contribution is 5.62. The average molecular weight is 465 g/mol. The third-order valence-corrected chi connectivity index (χ3v) is 9.33. The first-order valence-corrected chi connectivity index (χ1v) is 14.0. The van der Waals surface area contributed by atoms with Gasteiger partial charge in [-0.3, -0.25) is 0 Å². The van der Waals surface area contributed by atoms with Crippen molar-refractivity contribution in [2.45, 2.75) is 85.5 Å². The molecule has 184 valence electrons. The summed E-state index contributed by atoms with van der Waals surface area (Å²) in [6.07, 6.45) is 16.7. The molecule has 0 spiro atoms. The van der Waals surface area contributed by atoms with Crippen molar-refractivity contribution in [2.75, 3.05) is 0 Å². The number of hydrogen-bond acceptors (Lipinski definition) is 0. The zero-order chi connectivity index (χ0) is 25.1. The Kier molecular flexibility index (Phi) is 7.41. The molecule has 0 bridgehead atoms. The second-order valence-corrected chi connectivity index (χ2v) is 10.2. The van der Waals surface area contributed by atoms with Crippen LogP contribution in [0, 0.1) is 10.8 Å². The summed E-state index contributed by atoms with van der Waals surface area (Å²) in [6, 6.07) is 23.0. The van der Waals surface area contributed by atoms with Crippen molar-refractivity contribution in [3.05, 3.63) is 118 Å². The van der Waals surface area contributed by atoms with Crippen LogP contribution in [-0.2, 0) is 5.41 Å². The molecule has 0 aliphatic heterocycles. The number of rotatable bonds is 10. The van der Waals surface area contributed by atoms with Gasteiger partial charge in [0.15, 0.2) is 0 Å². The van der Waals surface area contributed by atoms with Crippen LogP contribution >= 0.6 is 0 Å². The maximum atomic E-state index is 2.62. The quantitative estimate of drug-likeness (QED) is 0.328. The van der Waals surface area contributed by atoms with Crippen molar-refractivity contribution in [3.8, 4) is 0 Å². The van der Waals surface area contributed by atoms with Crippen molar-refractivity contribution < 1.29 is 0 Å². The second kappa shape index (κ2) is 10.2. The molecule has 0 radical (unpaired) electrons. The summed E-state index contributed by atoms with van der Waals surface area (Å²) >= 11 is 0. The largest absolute Gasteiger partial charge is 0.0727 e. The molecule has 0 N–H and O–H groups in total. The number of benzene rings is 2. The fourth-order valence-electron chi connectivity index (χ4n) is 8.08. The standard InChI is InChI=1S/C35H44/c1-7-27-23-25-33(11-5,31(27)9-3)35(29-19-15-13-16-20-29,30-21-17-14-18-22-30)34(12-6)26-24-28(8-2)32(34)10-4/h13-26H,7-12H2,1-6H3. The number of hydrogen-bond donors (Lipinski definition) is 0. The zero-order valence-corrected chi connectivity index (χ0v) is 22.8. The molecule has 2 unspecified atom stereocenters. The van der Waals surface area contributed by atoms with Crippen LogP contribution < -0.4 is 0 Å². The van der Waals surface area contributed by atoms with Crippen LogP contribution in [0.3, 0.4) is 0 Å². The molecule has 2 aliphatic rings. The Morgan fingerprint density at radius 2 is 0.886 bits per heavy atom. The lowest BCUT2D eigenvalue weighted by Crippen LogP contribution is -2.57. The highest BCUT2D eigenvalue weighted by atomic mass is 14.7. The monoisotopic (exact) mass is 464 g/mol. The molecule has 4 rings (SSSR count). The van der Waals surface area contributed by atoms with Gasteiger partial charge in [-0.25, -0.2) is 0 Å². The maximum absolute atomic E-state index is 2.62. The van der Waals surface area contributed by atoms with Gasteiger partial charge in [0.2, 0.25) is 0 Å². The van der Waals surface area contributed by atoms with Crippen molar-refractivity contribution in [2.24, 2.45) is 10.8 Å². The van der Waals surface area contributed by atoms with Gasteiger partial charge in [0.05, 0.1) is 0 Å². The van der Waals surface area contributed by atoms with Crippen LogP contribution in [0.2, 0.25) is 0 Å². The van der Waals surface area contributed by atoms with E-state index in [1.54, 1.807) is 11.1 Å². The predicted molar refractivity (Wildman–Crippen MR) is 153 cm³/mol. The molecule has 0 heteroatoms. The third kappa shape index (κ3) is 3.40. The van der Waals surface area contributed by atoms with Gasteiger partial charge in [0, 0.05) is 16.2 Å². The molecule has 0 heterocycles. The topological polar surface area (TPSA) is 0 Å². The molecule has 2 atom stereocenters. The minimum Gasteiger partial charge on any atom is -0.0727 e. The minimum absolute atomic E-state index is 0.0975. The second-order valence-electron chi connectivity index (χ2n) is 10.2. The lowest BCUT2D eigenvalue weighted by molar-refractivity contribution is 0.125. The average Bonchev–Trinajstić information content (AvgIpc) is 3.49. The van der Waals surface area contributed by atoms with Gasteiger partial charge in [-0.05, 0) is 60.8 Å². The molecule has 0 saturated heterocycles. The van der Waals surface area contributed by atoms with Crippen molar-refractivity contribution in [3.63, 3.8) is 0 Å². The molecule has 0 fully saturated rings. The lowest BCUT2D eigenvalue weighted by Gasteiger charge is -2.60. The summed E-state index contributed by atoms with van der Waals surface area (Å²) in [4.78, 5) is 0. The van der Waals surface area contributed by atoms with Crippen LogP contribution in [0.15, 0.2) is 107 Å². The molecule has 2 aromatic carbocycles. The summed E-state index contributed by atoms with van der Waals surface area (Å²) in [5, 5.41) is 0. The minimum atomic E-state index is -0.246. The van der Waals surface area contributed by atoms with Crippen LogP contribution in [-0.4, -0.2) is 0 Å². The first-order chi connectivity index (χ1) is 17.1. The molecule has 2 aromatic rings. The normalized spacial score (nSPS) is 24.2. The van der Waals surface area contributed by atoms with E-state index < -0.39 is 0 Å². The Balaban J connectivity index is 2.28. The molecular formula is C35H44. The summed E-state index contributed by atoms with van der Waals surface area (Å²) in [7, 11) is 0. The van der Waals surface area contributed by atoms with E-state index >= 15 is 0 Å². The Bertz CT molecular complexity index is 1050. The van der Waals surface area contributed by atoms with Crippen molar-refractivity contribution in [1.82, 2.24) is 0 Å². The van der Waals surface area contributed by atoms with Gasteiger partial charge in [-0.1, -0.05) is 138 Å². The SMILES string of the molecule is CCC1=C(CC)C(CC)(C(c2ccccc2)(c2ccccc2)C2(CC)C=CC(CC)=C2CC)C=C1. The Labute approximate surface area is 214 Å². The van der Waals surface area contributed by atoms with Crippen molar-refractivity contribution >= 4 is 0 Å². The maximum Gasteiger partial charge on any atom is 0.0458 e. The Morgan fingerprint density at radius 3 is 1.17 bits per heavy atom. The predicted octanol–water partition coefficient (Wildman–Crippen LogP) is 10.1. The summed E-state index contributed by atoms with van der Waals surface area (Å²) < 4.78 is 0. The molecule has 35 heavy (non-hydrogen) atoms. The summed E-state index contributed by atoms with van der Waals surface area (Å²) in [5.74, 6) is 0. The smallest absolute Gasteiger partial charge is 0.0458 e. The van der Waals surface area contributed by atoms with Gasteiger partial charge in [-0.2, -0.15) is 0 Å². The van der Waals surface area contributed by atoms with Gasteiger partial charge >= 0.3 is 0 Å². The zero-order valence-electron chi connectivity index (χ0n) is 22.8. The first-order valence-electron chi connectivity index (χ1n) is 14.0. The van der Waals surface area contributed by atoms with E-state index in [1.165, 1.54) is 22.3 Å². The molecule has 0 nitrogen and oxygen atoms in total. The molecule has 2 aliphatic carbocycles. The van der Waals surface area contributed by atoms with Crippen LogP contribution in [0.1, 0.15) is 91.2 Å². The van der Waals surface area contributed by atoms with Crippen LogP contribution in [0.5, 0.6) is 0 Å². The Morgan fingerprint density at radius 1 is 0.514 bits per heavy atom. The van der Waals surface area contributed by atoms with Crippen LogP contribution in [0.4, 0.5) is 0 Å². The van der Waals surface area contributed by atoms with E-state index in [1.807, 2.05) is 0 Å². The van der Waals surface area contributed by atoms with E-state index in [0.717, 1.165) is 38.5 Å². The van der Waals surface area contributed by atoms with Gasteiger partial charge < -0.3 is 0 Å². The third-order valence-electron chi connectivity index (χ3n) is 9.33. The number of allylic oxidation sites excluding steroid dienone is 8. The van der Waals surface area contributed by atoms with E-state index in [4.69, 9.17) is 0 Å². The van der Waals surface area contributed by atoms with E-state index in [2.05, 4.69) is 127 Å². The molecule has 0 saturated carbocycles. The van der Waals surface area contributed by atoms with Crippen molar-refractivity contribution in [1.29, 1.82) is 0 Å². The van der Waals surface area contributed by atoms with Gasteiger partial charge in [0.1, 0.15) is 0 Å².